The molecule has 0 spiro atoms. The van der Waals surface area contributed by atoms with Crippen LogP contribution in [0.1, 0.15) is 22.3 Å². The molecular weight excluding hydrogens is 350 g/mol. The Kier molecular flexibility index (Phi) is 5.24. The predicted molar refractivity (Wildman–Crippen MR) is 110 cm³/mol. The molecule has 0 atom stereocenters. The van der Waals surface area contributed by atoms with E-state index in [1.165, 1.54) is 5.56 Å². The van der Waals surface area contributed by atoms with Crippen molar-refractivity contribution in [1.82, 2.24) is 0 Å². The van der Waals surface area contributed by atoms with Crippen molar-refractivity contribution >= 4 is 11.6 Å². The van der Waals surface area contributed by atoms with Gasteiger partial charge in [-0.15, -0.1) is 0 Å². The molecule has 0 radical (unpaired) electrons. The largest absolute Gasteiger partial charge is 0.392 e. The van der Waals surface area contributed by atoms with E-state index in [-0.39, 0.29) is 19.1 Å². The Balaban J connectivity index is 1.69. The number of anilines is 1. The number of aliphatic hydroxyl groups is 1. The van der Waals surface area contributed by atoms with Gasteiger partial charge in [0.25, 0.3) is 5.91 Å². The highest BCUT2D eigenvalue weighted by molar-refractivity contribution is 5.96. The second-order valence-electron chi connectivity index (χ2n) is 7.16. The van der Waals surface area contributed by atoms with Crippen molar-refractivity contribution in [1.29, 1.82) is 0 Å². The maximum Gasteiger partial charge on any atom is 0.253 e. The van der Waals surface area contributed by atoms with Crippen LogP contribution in [0.2, 0.25) is 0 Å². The van der Waals surface area contributed by atoms with Gasteiger partial charge in [0, 0.05) is 11.3 Å². The van der Waals surface area contributed by atoms with Gasteiger partial charge in [0.1, 0.15) is 6.61 Å². The summed E-state index contributed by atoms with van der Waals surface area (Å²) < 4.78 is 5.62. The third-order valence-electron chi connectivity index (χ3n) is 5.06. The number of nitrogens with zero attached hydrogens (tertiary/aromatic N) is 1. The van der Waals surface area contributed by atoms with Crippen LogP contribution in [0.25, 0.3) is 11.1 Å². The number of rotatable bonds is 4. The van der Waals surface area contributed by atoms with Crippen LogP contribution >= 0.6 is 0 Å². The van der Waals surface area contributed by atoms with E-state index in [0.717, 1.165) is 33.5 Å². The van der Waals surface area contributed by atoms with Gasteiger partial charge in [-0.05, 0) is 47.4 Å². The second-order valence-corrected chi connectivity index (χ2v) is 7.16. The zero-order chi connectivity index (χ0) is 19.5. The molecule has 0 aromatic heterocycles. The topological polar surface area (TPSA) is 49.8 Å². The van der Waals surface area contributed by atoms with Crippen molar-refractivity contribution in [3.63, 3.8) is 0 Å². The first-order valence-corrected chi connectivity index (χ1v) is 9.41. The summed E-state index contributed by atoms with van der Waals surface area (Å²) in [6.45, 7) is 3.07. The highest BCUT2D eigenvalue weighted by Crippen LogP contribution is 2.31. The highest BCUT2D eigenvalue weighted by atomic mass is 16.5. The number of hydrogen-bond acceptors (Lipinski definition) is 3. The Morgan fingerprint density at radius 1 is 0.929 bits per heavy atom. The van der Waals surface area contributed by atoms with Crippen molar-refractivity contribution in [2.24, 2.45) is 0 Å². The lowest BCUT2D eigenvalue weighted by Gasteiger charge is -2.23. The fraction of sp³-hybridized carbons (Fsp3) is 0.208. The van der Waals surface area contributed by atoms with Gasteiger partial charge in [-0.25, -0.2) is 0 Å². The summed E-state index contributed by atoms with van der Waals surface area (Å²) in [5, 5.41) is 9.40. The van der Waals surface area contributed by atoms with Gasteiger partial charge >= 0.3 is 0 Å². The molecule has 1 amide bonds. The third-order valence-corrected chi connectivity index (χ3v) is 5.06. The van der Waals surface area contributed by atoms with E-state index in [4.69, 9.17) is 4.74 Å². The number of benzene rings is 3. The summed E-state index contributed by atoms with van der Waals surface area (Å²) in [6.07, 6.45) is 0. The Labute approximate surface area is 165 Å². The normalized spacial score (nSPS) is 13.9. The molecule has 3 aromatic carbocycles. The fourth-order valence-electron chi connectivity index (χ4n) is 3.50. The standard InChI is InChI=1S/C24H23NO3/c1-17-5-7-18(8-6-17)13-25-23-10-9-21(12-22(23)15-28-16-24(25)27)20-4-2-3-19(11-20)14-26/h2-12,26H,13-16H2,1H3. The number of aliphatic hydroxyl groups excluding tert-OH is 1. The van der Waals surface area contributed by atoms with Gasteiger partial charge in [-0.1, -0.05) is 54.1 Å². The predicted octanol–water partition coefficient (Wildman–Crippen LogP) is 4.22. The molecule has 1 aliphatic rings. The number of aryl methyl sites for hydroxylation is 1. The van der Waals surface area contributed by atoms with Gasteiger partial charge < -0.3 is 14.7 Å². The quantitative estimate of drug-likeness (QED) is 0.745. The minimum atomic E-state index is -0.0330. The molecule has 3 aromatic rings. The first-order valence-electron chi connectivity index (χ1n) is 9.41. The number of fused-ring (bicyclic) bond motifs is 1. The fourth-order valence-corrected chi connectivity index (χ4v) is 3.50. The van der Waals surface area contributed by atoms with Crippen LogP contribution in [0.4, 0.5) is 5.69 Å². The summed E-state index contributed by atoms with van der Waals surface area (Å²) in [5.41, 5.74) is 7.13. The van der Waals surface area contributed by atoms with Crippen molar-refractivity contribution in [3.8, 4) is 11.1 Å². The Bertz CT molecular complexity index is 995. The molecule has 1 N–H and O–H groups in total. The van der Waals surface area contributed by atoms with Gasteiger partial charge in [0.15, 0.2) is 0 Å². The van der Waals surface area contributed by atoms with Crippen molar-refractivity contribution < 1.29 is 14.6 Å². The van der Waals surface area contributed by atoms with Gasteiger partial charge in [0.2, 0.25) is 0 Å². The lowest BCUT2D eigenvalue weighted by molar-refractivity contribution is -0.123. The van der Waals surface area contributed by atoms with Crippen molar-refractivity contribution in [2.75, 3.05) is 11.5 Å². The van der Waals surface area contributed by atoms with Crippen LogP contribution in [-0.2, 0) is 29.3 Å². The maximum absolute atomic E-state index is 12.7. The van der Waals surface area contributed by atoms with E-state index in [2.05, 4.69) is 37.3 Å². The molecule has 4 heteroatoms. The first kappa shape index (κ1) is 18.4. The van der Waals surface area contributed by atoms with Crippen LogP contribution in [0.15, 0.2) is 66.7 Å². The molecule has 0 fully saturated rings. The van der Waals surface area contributed by atoms with Crippen molar-refractivity contribution in [3.05, 3.63) is 89.0 Å². The van der Waals surface area contributed by atoms with E-state index < -0.39 is 0 Å². The van der Waals surface area contributed by atoms with Gasteiger partial charge in [-0.2, -0.15) is 0 Å². The zero-order valence-corrected chi connectivity index (χ0v) is 15.9. The van der Waals surface area contributed by atoms with Gasteiger partial charge in [-0.3, -0.25) is 4.79 Å². The monoisotopic (exact) mass is 373 g/mol. The molecule has 1 heterocycles. The summed E-state index contributed by atoms with van der Waals surface area (Å²) in [7, 11) is 0. The highest BCUT2D eigenvalue weighted by Gasteiger charge is 2.23. The Hall–Kier alpha value is -2.95. The third kappa shape index (κ3) is 3.84. The minimum absolute atomic E-state index is 0.0146. The number of ether oxygens (including phenoxy) is 1. The smallest absolute Gasteiger partial charge is 0.253 e. The van der Waals surface area contributed by atoms with E-state index in [1.807, 2.05) is 36.4 Å². The molecule has 142 valence electrons. The molecule has 1 aliphatic heterocycles. The lowest BCUT2D eigenvalue weighted by Crippen LogP contribution is -2.32. The summed E-state index contributed by atoms with van der Waals surface area (Å²) >= 11 is 0. The number of carbonyl (C=O) groups is 1. The first-order chi connectivity index (χ1) is 13.6. The van der Waals surface area contributed by atoms with E-state index >= 15 is 0 Å². The number of hydrogen-bond donors (Lipinski definition) is 1. The summed E-state index contributed by atoms with van der Waals surface area (Å²) in [4.78, 5) is 14.5. The Morgan fingerprint density at radius 2 is 1.71 bits per heavy atom. The van der Waals surface area contributed by atoms with Crippen LogP contribution in [0.3, 0.4) is 0 Å². The van der Waals surface area contributed by atoms with Crippen LogP contribution in [-0.4, -0.2) is 17.6 Å². The molecule has 0 saturated heterocycles. The molecule has 0 bridgehead atoms. The molecule has 0 unspecified atom stereocenters. The van der Waals surface area contributed by atoms with Crippen LogP contribution in [0, 0.1) is 6.92 Å². The molecule has 0 aliphatic carbocycles. The lowest BCUT2D eigenvalue weighted by atomic mass is 9.99. The second kappa shape index (κ2) is 7.97. The summed E-state index contributed by atoms with van der Waals surface area (Å²) in [5.74, 6) is -0.0330. The average Bonchev–Trinajstić information content (AvgIpc) is 2.88. The van der Waals surface area contributed by atoms with E-state index in [9.17, 15) is 9.90 Å². The molecular formula is C24H23NO3. The molecule has 4 nitrogen and oxygen atoms in total. The maximum atomic E-state index is 12.7. The SMILES string of the molecule is Cc1ccc(CN2C(=O)COCc3cc(-c4cccc(CO)c4)ccc32)cc1. The zero-order valence-electron chi connectivity index (χ0n) is 15.9. The summed E-state index contributed by atoms with van der Waals surface area (Å²) in [6, 6.07) is 22.2. The van der Waals surface area contributed by atoms with E-state index in [0.29, 0.717) is 13.2 Å². The minimum Gasteiger partial charge on any atom is -0.392 e. The number of amides is 1. The molecule has 4 rings (SSSR count). The van der Waals surface area contributed by atoms with Crippen molar-refractivity contribution in [2.45, 2.75) is 26.7 Å². The van der Waals surface area contributed by atoms with Gasteiger partial charge in [0.05, 0.1) is 19.8 Å². The number of carbonyl (C=O) groups excluding carboxylic acids is 1. The average molecular weight is 373 g/mol. The van der Waals surface area contributed by atoms with E-state index in [1.54, 1.807) is 4.90 Å². The van der Waals surface area contributed by atoms with Crippen LogP contribution in [0.5, 0.6) is 0 Å². The molecule has 28 heavy (non-hydrogen) atoms. The Morgan fingerprint density at radius 3 is 2.50 bits per heavy atom. The van der Waals surface area contributed by atoms with Crippen LogP contribution < -0.4 is 4.90 Å². The molecule has 0 saturated carbocycles.